The molecule has 3 N–H and O–H groups in total. The lowest BCUT2D eigenvalue weighted by Crippen LogP contribution is -2.49. The summed E-state index contributed by atoms with van der Waals surface area (Å²) in [7, 11) is 0. The second kappa shape index (κ2) is 7.10. The first-order valence-electron chi connectivity index (χ1n) is 8.12. The van der Waals surface area contributed by atoms with Crippen molar-refractivity contribution in [2.45, 2.75) is 30.7 Å². The summed E-state index contributed by atoms with van der Waals surface area (Å²) in [6.07, 6.45) is 0.689. The number of hydrogen-bond donors (Lipinski definition) is 3. The Kier molecular flexibility index (Phi) is 5.16. The van der Waals surface area contributed by atoms with E-state index >= 15 is 4.39 Å². The molecule has 0 saturated heterocycles. The van der Waals surface area contributed by atoms with Gasteiger partial charge in [0.2, 0.25) is 5.67 Å². The average molecular weight is 401 g/mol. The Balaban J connectivity index is 1.87. The number of halogens is 4. The number of pyridine rings is 1. The van der Waals surface area contributed by atoms with Crippen LogP contribution in [0.25, 0.3) is 0 Å². The quantitative estimate of drug-likeness (QED) is 0.689. The first-order chi connectivity index (χ1) is 12.7. The molecule has 1 aliphatic carbocycles. The van der Waals surface area contributed by atoms with E-state index in [4.69, 9.17) is 11.6 Å². The van der Waals surface area contributed by atoms with Crippen molar-refractivity contribution < 1.29 is 28.2 Å². The zero-order valence-corrected chi connectivity index (χ0v) is 14.7. The predicted octanol–water partition coefficient (Wildman–Crippen LogP) is 2.47. The number of carbonyl (C=O) groups is 1. The molecule has 1 heterocycles. The molecule has 0 spiro atoms. The molecule has 9 heteroatoms. The van der Waals surface area contributed by atoms with Crippen molar-refractivity contribution in [3.05, 3.63) is 63.9 Å². The van der Waals surface area contributed by atoms with Crippen molar-refractivity contribution in [3.8, 4) is 0 Å². The predicted molar refractivity (Wildman–Crippen MR) is 90.5 cm³/mol. The molecule has 3 rings (SSSR count). The van der Waals surface area contributed by atoms with E-state index < -0.39 is 53.4 Å². The fourth-order valence-corrected chi connectivity index (χ4v) is 3.32. The Morgan fingerprint density at radius 3 is 2.74 bits per heavy atom. The molecule has 0 aliphatic heterocycles. The first kappa shape index (κ1) is 19.6. The van der Waals surface area contributed by atoms with E-state index in [1.165, 1.54) is 18.3 Å². The number of hydrogen-bond acceptors (Lipinski definition) is 4. The molecule has 0 bridgehead atoms. The molecule has 5 nitrogen and oxygen atoms in total. The Hall–Kier alpha value is -2.16. The summed E-state index contributed by atoms with van der Waals surface area (Å²) in [4.78, 5) is 16.5. The number of nitrogens with zero attached hydrogens (tertiary/aromatic N) is 1. The molecule has 27 heavy (non-hydrogen) atoms. The van der Waals surface area contributed by atoms with Crippen molar-refractivity contribution in [1.82, 2.24) is 10.3 Å². The highest BCUT2D eigenvalue weighted by molar-refractivity contribution is 6.30. The number of aliphatic hydroxyl groups is 2. The standard InChI is InChI=1S/C18H16ClF3N2O3/c19-13-12(20)4-3-10(14(13)21)8-24-16(26)18(22)6-5-17(27,9-25)15-11(18)2-1-7-23-15/h1-4,7,25,27H,5-6,8-9H2,(H,24,26). The molecule has 2 unspecified atom stereocenters. The van der Waals surface area contributed by atoms with E-state index in [9.17, 15) is 23.8 Å². The lowest BCUT2D eigenvalue weighted by atomic mass is 9.74. The number of rotatable bonds is 4. The van der Waals surface area contributed by atoms with Gasteiger partial charge >= 0.3 is 0 Å². The molecule has 1 aliphatic rings. The molecule has 2 aromatic rings. The maximum Gasteiger partial charge on any atom is 0.262 e. The highest BCUT2D eigenvalue weighted by Crippen LogP contribution is 2.45. The maximum atomic E-state index is 15.6. The van der Waals surface area contributed by atoms with Gasteiger partial charge in [-0.25, -0.2) is 13.2 Å². The number of alkyl halides is 1. The van der Waals surface area contributed by atoms with Gasteiger partial charge in [-0.2, -0.15) is 0 Å². The molecule has 1 aromatic heterocycles. The largest absolute Gasteiger partial charge is 0.393 e. The van der Waals surface area contributed by atoms with Gasteiger partial charge in [0, 0.05) is 23.9 Å². The second-order valence-electron chi connectivity index (χ2n) is 6.41. The number of benzene rings is 1. The molecular formula is C18H16ClF3N2O3. The lowest BCUT2D eigenvalue weighted by Gasteiger charge is -2.38. The summed E-state index contributed by atoms with van der Waals surface area (Å²) >= 11 is 5.49. The summed E-state index contributed by atoms with van der Waals surface area (Å²) in [6.45, 7) is -1.08. The molecular weight excluding hydrogens is 385 g/mol. The van der Waals surface area contributed by atoms with Crippen LogP contribution in [0.1, 0.15) is 29.7 Å². The molecule has 2 atom stereocenters. The smallest absolute Gasteiger partial charge is 0.262 e. The van der Waals surface area contributed by atoms with E-state index in [1.54, 1.807) is 0 Å². The van der Waals surface area contributed by atoms with Gasteiger partial charge in [-0.1, -0.05) is 23.7 Å². The third kappa shape index (κ3) is 3.28. The fraction of sp³-hybridized carbons (Fsp3) is 0.333. The number of aliphatic hydroxyl groups excluding tert-OH is 1. The van der Waals surface area contributed by atoms with E-state index in [2.05, 4.69) is 10.3 Å². The van der Waals surface area contributed by atoms with E-state index in [0.717, 1.165) is 12.1 Å². The minimum absolute atomic E-state index is 0.104. The number of aromatic nitrogens is 1. The van der Waals surface area contributed by atoms with E-state index in [1.807, 2.05) is 0 Å². The third-order valence-electron chi connectivity index (χ3n) is 4.73. The van der Waals surface area contributed by atoms with Crippen LogP contribution in [0.3, 0.4) is 0 Å². The highest BCUT2D eigenvalue weighted by Gasteiger charge is 2.51. The normalized spacial score (nSPS) is 24.4. The van der Waals surface area contributed by atoms with Crippen LogP contribution < -0.4 is 5.32 Å². The van der Waals surface area contributed by atoms with Gasteiger partial charge in [-0.05, 0) is 25.0 Å². The fourth-order valence-electron chi connectivity index (χ4n) is 3.14. The van der Waals surface area contributed by atoms with Crippen LogP contribution in [-0.4, -0.2) is 27.7 Å². The molecule has 144 valence electrons. The Bertz CT molecular complexity index is 898. The molecule has 0 radical (unpaired) electrons. The van der Waals surface area contributed by atoms with E-state index in [-0.39, 0.29) is 23.2 Å². The Morgan fingerprint density at radius 2 is 2.04 bits per heavy atom. The molecule has 0 saturated carbocycles. The number of fused-ring (bicyclic) bond motifs is 1. The van der Waals surface area contributed by atoms with Crippen LogP contribution in [0.15, 0.2) is 30.5 Å². The average Bonchev–Trinajstić information content (AvgIpc) is 2.68. The Labute approximate surface area is 157 Å². The van der Waals surface area contributed by atoms with Crippen LogP contribution in [0.5, 0.6) is 0 Å². The zero-order valence-electron chi connectivity index (χ0n) is 14.0. The summed E-state index contributed by atoms with van der Waals surface area (Å²) in [5.41, 5.74) is -4.66. The SMILES string of the molecule is O=C(NCc1ccc(F)c(Cl)c1F)C1(F)CCC(O)(CO)c2ncccc21. The van der Waals surface area contributed by atoms with Gasteiger partial charge in [0.05, 0.1) is 12.3 Å². The van der Waals surface area contributed by atoms with Gasteiger partial charge in [-0.15, -0.1) is 0 Å². The van der Waals surface area contributed by atoms with Crippen molar-refractivity contribution in [2.75, 3.05) is 6.61 Å². The van der Waals surface area contributed by atoms with Gasteiger partial charge in [0.25, 0.3) is 5.91 Å². The number of carbonyl (C=O) groups excluding carboxylic acids is 1. The van der Waals surface area contributed by atoms with Crippen LogP contribution in [0.2, 0.25) is 5.02 Å². The van der Waals surface area contributed by atoms with Gasteiger partial charge in [-0.3, -0.25) is 9.78 Å². The van der Waals surface area contributed by atoms with Gasteiger partial charge in [0.15, 0.2) is 0 Å². The second-order valence-corrected chi connectivity index (χ2v) is 6.79. The van der Waals surface area contributed by atoms with Crippen LogP contribution >= 0.6 is 11.6 Å². The van der Waals surface area contributed by atoms with Crippen LogP contribution in [-0.2, 0) is 22.6 Å². The highest BCUT2D eigenvalue weighted by atomic mass is 35.5. The monoisotopic (exact) mass is 400 g/mol. The number of nitrogens with one attached hydrogen (secondary N) is 1. The van der Waals surface area contributed by atoms with Crippen LogP contribution in [0.4, 0.5) is 13.2 Å². The maximum absolute atomic E-state index is 15.6. The topological polar surface area (TPSA) is 82.5 Å². The Morgan fingerprint density at radius 1 is 1.30 bits per heavy atom. The summed E-state index contributed by atoms with van der Waals surface area (Å²) in [5, 5.41) is 21.4. The molecule has 1 aromatic carbocycles. The minimum Gasteiger partial charge on any atom is -0.393 e. The van der Waals surface area contributed by atoms with Crippen LogP contribution in [0, 0.1) is 11.6 Å². The third-order valence-corrected chi connectivity index (χ3v) is 5.08. The molecule has 0 fully saturated rings. The number of amides is 1. The zero-order chi connectivity index (χ0) is 19.8. The minimum atomic E-state index is -2.52. The summed E-state index contributed by atoms with van der Waals surface area (Å²) < 4.78 is 42.7. The van der Waals surface area contributed by atoms with Gasteiger partial charge in [0.1, 0.15) is 22.3 Å². The lowest BCUT2D eigenvalue weighted by molar-refractivity contribution is -0.138. The summed E-state index contributed by atoms with van der Waals surface area (Å²) in [5.74, 6) is -3.04. The van der Waals surface area contributed by atoms with Crippen molar-refractivity contribution in [2.24, 2.45) is 0 Å². The van der Waals surface area contributed by atoms with Crippen molar-refractivity contribution in [1.29, 1.82) is 0 Å². The molecule has 1 amide bonds. The van der Waals surface area contributed by atoms with Crippen molar-refractivity contribution in [3.63, 3.8) is 0 Å². The summed E-state index contributed by atoms with van der Waals surface area (Å²) in [6, 6.07) is 4.75. The van der Waals surface area contributed by atoms with Gasteiger partial charge < -0.3 is 15.5 Å². The van der Waals surface area contributed by atoms with E-state index in [0.29, 0.717) is 0 Å². The first-order valence-corrected chi connectivity index (χ1v) is 8.49. The van der Waals surface area contributed by atoms with Crippen molar-refractivity contribution >= 4 is 17.5 Å².